The Morgan fingerprint density at radius 1 is 1.37 bits per heavy atom. The molecule has 0 radical (unpaired) electrons. The molecule has 0 aromatic rings. The fraction of sp³-hybridized carbons (Fsp3) is 0.929. The number of hydrogen-bond donors (Lipinski definition) is 1. The minimum atomic E-state index is -0.656. The number of carbonyl (C=O) groups excluding carboxylic acids is 1. The molecular weight excluding hydrogens is 246 g/mol. The lowest BCUT2D eigenvalue weighted by Gasteiger charge is -2.30. The summed E-state index contributed by atoms with van der Waals surface area (Å²) in [5.41, 5.74) is -0.656. The van der Waals surface area contributed by atoms with Crippen molar-refractivity contribution >= 4 is 5.97 Å². The normalized spacial score (nSPS) is 19.8. The number of methoxy groups -OCH3 is 2. The Morgan fingerprint density at radius 3 is 2.58 bits per heavy atom. The minimum Gasteiger partial charge on any atom is -0.468 e. The van der Waals surface area contributed by atoms with Crippen LogP contribution in [0.15, 0.2) is 0 Å². The molecular formula is C14H27NO4. The number of nitrogens with one attached hydrogen (secondary N) is 1. The molecule has 5 nitrogen and oxygen atoms in total. The van der Waals surface area contributed by atoms with E-state index >= 15 is 0 Å². The predicted octanol–water partition coefficient (Wildman–Crippen LogP) is 1.50. The van der Waals surface area contributed by atoms with Crippen LogP contribution in [0.2, 0.25) is 0 Å². The van der Waals surface area contributed by atoms with Gasteiger partial charge in [-0.1, -0.05) is 0 Å². The van der Waals surface area contributed by atoms with Crippen LogP contribution in [0.5, 0.6) is 0 Å². The third kappa shape index (κ3) is 5.89. The van der Waals surface area contributed by atoms with E-state index in [-0.39, 0.29) is 12.1 Å². The van der Waals surface area contributed by atoms with Gasteiger partial charge in [0.2, 0.25) is 0 Å². The van der Waals surface area contributed by atoms with Crippen molar-refractivity contribution in [2.75, 3.05) is 27.4 Å². The van der Waals surface area contributed by atoms with Gasteiger partial charge in [-0.05, 0) is 33.1 Å². The van der Waals surface area contributed by atoms with E-state index in [0.29, 0.717) is 25.7 Å². The first kappa shape index (κ1) is 16.4. The molecule has 1 aliphatic carbocycles. The van der Waals surface area contributed by atoms with Crippen LogP contribution in [0, 0.1) is 0 Å². The largest absolute Gasteiger partial charge is 0.468 e. The van der Waals surface area contributed by atoms with Crippen LogP contribution >= 0.6 is 0 Å². The highest BCUT2D eigenvalue weighted by atomic mass is 16.5. The van der Waals surface area contributed by atoms with Crippen LogP contribution in [0.3, 0.4) is 0 Å². The summed E-state index contributed by atoms with van der Waals surface area (Å²) in [6, 6.07) is 0.449. The summed E-state index contributed by atoms with van der Waals surface area (Å²) in [5, 5.41) is 3.37. The van der Waals surface area contributed by atoms with Gasteiger partial charge in [0, 0.05) is 32.8 Å². The lowest BCUT2D eigenvalue weighted by Crippen LogP contribution is -2.53. The first-order chi connectivity index (χ1) is 9.01. The van der Waals surface area contributed by atoms with Gasteiger partial charge in [0.05, 0.1) is 13.2 Å². The second kappa shape index (κ2) is 7.82. The van der Waals surface area contributed by atoms with Crippen molar-refractivity contribution in [1.82, 2.24) is 5.32 Å². The van der Waals surface area contributed by atoms with Gasteiger partial charge in [-0.3, -0.25) is 10.1 Å². The summed E-state index contributed by atoms with van der Waals surface area (Å²) in [4.78, 5) is 11.9. The molecule has 0 aliphatic heterocycles. The van der Waals surface area contributed by atoms with E-state index in [9.17, 15) is 4.79 Å². The lowest BCUT2D eigenvalue weighted by atomic mass is 9.94. The summed E-state index contributed by atoms with van der Waals surface area (Å²) >= 11 is 0. The molecule has 1 fully saturated rings. The van der Waals surface area contributed by atoms with Crippen molar-refractivity contribution < 1.29 is 19.0 Å². The third-order valence-electron chi connectivity index (χ3n) is 3.33. The Balaban J connectivity index is 2.39. The van der Waals surface area contributed by atoms with E-state index < -0.39 is 5.54 Å². The SMILES string of the molecule is COCCCOC(C)CC(C)(NC1CC1)C(=O)OC. The fourth-order valence-electron chi connectivity index (χ4n) is 2.23. The van der Waals surface area contributed by atoms with Gasteiger partial charge in [0.1, 0.15) is 5.54 Å². The standard InChI is InChI=1S/C14H27NO4/c1-11(19-9-5-8-17-3)10-14(2,13(16)18-4)15-12-6-7-12/h11-12,15H,5-10H2,1-4H3. The average molecular weight is 273 g/mol. The van der Waals surface area contributed by atoms with Crippen molar-refractivity contribution in [3.8, 4) is 0 Å². The third-order valence-corrected chi connectivity index (χ3v) is 3.33. The Kier molecular flexibility index (Phi) is 6.75. The summed E-state index contributed by atoms with van der Waals surface area (Å²) < 4.78 is 15.6. The van der Waals surface area contributed by atoms with E-state index in [1.807, 2.05) is 13.8 Å². The number of rotatable bonds is 10. The molecule has 2 unspecified atom stereocenters. The molecule has 0 heterocycles. The van der Waals surface area contributed by atoms with E-state index in [1.165, 1.54) is 7.11 Å². The van der Waals surface area contributed by atoms with Gasteiger partial charge in [-0.15, -0.1) is 0 Å². The van der Waals surface area contributed by atoms with Crippen LogP contribution in [-0.4, -0.2) is 51.1 Å². The Morgan fingerprint density at radius 2 is 2.05 bits per heavy atom. The van der Waals surface area contributed by atoms with Gasteiger partial charge >= 0.3 is 5.97 Å². The molecule has 1 aliphatic rings. The van der Waals surface area contributed by atoms with Crippen molar-refractivity contribution in [3.05, 3.63) is 0 Å². The van der Waals surface area contributed by atoms with Gasteiger partial charge in [0.15, 0.2) is 0 Å². The van der Waals surface area contributed by atoms with Gasteiger partial charge < -0.3 is 14.2 Å². The summed E-state index contributed by atoms with van der Waals surface area (Å²) in [6.07, 6.45) is 3.76. The highest BCUT2D eigenvalue weighted by Crippen LogP contribution is 2.26. The second-order valence-corrected chi connectivity index (χ2v) is 5.47. The highest BCUT2D eigenvalue weighted by Gasteiger charge is 2.40. The van der Waals surface area contributed by atoms with E-state index in [0.717, 1.165) is 19.3 Å². The highest BCUT2D eigenvalue weighted by molar-refractivity contribution is 5.80. The van der Waals surface area contributed by atoms with Crippen molar-refractivity contribution in [2.24, 2.45) is 0 Å². The Hall–Kier alpha value is -0.650. The van der Waals surface area contributed by atoms with Crippen molar-refractivity contribution in [3.63, 3.8) is 0 Å². The maximum atomic E-state index is 11.9. The molecule has 19 heavy (non-hydrogen) atoms. The molecule has 0 bridgehead atoms. The molecule has 112 valence electrons. The maximum Gasteiger partial charge on any atom is 0.325 e. The van der Waals surface area contributed by atoms with Gasteiger partial charge in [0.25, 0.3) is 0 Å². The number of esters is 1. The lowest BCUT2D eigenvalue weighted by molar-refractivity contribution is -0.149. The van der Waals surface area contributed by atoms with Crippen LogP contribution < -0.4 is 5.32 Å². The summed E-state index contributed by atoms with van der Waals surface area (Å²) in [5.74, 6) is -0.216. The Labute approximate surface area is 116 Å². The number of carbonyl (C=O) groups is 1. The van der Waals surface area contributed by atoms with Crippen LogP contribution in [0.1, 0.15) is 39.5 Å². The molecule has 0 aromatic heterocycles. The van der Waals surface area contributed by atoms with E-state index in [2.05, 4.69) is 5.32 Å². The average Bonchev–Trinajstić information content (AvgIpc) is 3.17. The van der Waals surface area contributed by atoms with Crippen LogP contribution in [0.4, 0.5) is 0 Å². The Bertz CT molecular complexity index is 281. The van der Waals surface area contributed by atoms with Crippen LogP contribution in [0.25, 0.3) is 0 Å². The molecule has 2 atom stereocenters. The molecule has 0 spiro atoms. The molecule has 0 saturated heterocycles. The summed E-state index contributed by atoms with van der Waals surface area (Å²) in [6.45, 7) is 5.23. The zero-order valence-corrected chi connectivity index (χ0v) is 12.5. The molecule has 0 aromatic carbocycles. The second-order valence-electron chi connectivity index (χ2n) is 5.47. The molecule has 5 heteroatoms. The molecule has 1 saturated carbocycles. The first-order valence-electron chi connectivity index (χ1n) is 6.98. The van der Waals surface area contributed by atoms with E-state index in [1.54, 1.807) is 7.11 Å². The van der Waals surface area contributed by atoms with Crippen molar-refractivity contribution in [1.29, 1.82) is 0 Å². The number of ether oxygens (including phenoxy) is 3. The molecule has 0 amide bonds. The monoisotopic (exact) mass is 273 g/mol. The van der Waals surface area contributed by atoms with Gasteiger partial charge in [-0.2, -0.15) is 0 Å². The maximum absolute atomic E-state index is 11.9. The molecule has 1 rings (SSSR count). The fourth-order valence-corrected chi connectivity index (χ4v) is 2.23. The van der Waals surface area contributed by atoms with Crippen molar-refractivity contribution in [2.45, 2.75) is 57.2 Å². The first-order valence-corrected chi connectivity index (χ1v) is 6.98. The quantitative estimate of drug-likeness (QED) is 0.483. The zero-order chi connectivity index (χ0) is 14.3. The molecule has 1 N–H and O–H groups in total. The van der Waals surface area contributed by atoms with Crippen LogP contribution in [-0.2, 0) is 19.0 Å². The summed E-state index contributed by atoms with van der Waals surface area (Å²) in [7, 11) is 3.11. The zero-order valence-electron chi connectivity index (χ0n) is 12.5. The smallest absolute Gasteiger partial charge is 0.325 e. The number of hydrogen-bond acceptors (Lipinski definition) is 5. The van der Waals surface area contributed by atoms with Gasteiger partial charge in [-0.25, -0.2) is 0 Å². The topological polar surface area (TPSA) is 56.8 Å². The minimum absolute atomic E-state index is 0.00667. The predicted molar refractivity (Wildman–Crippen MR) is 73.1 cm³/mol. The van der Waals surface area contributed by atoms with E-state index in [4.69, 9.17) is 14.2 Å².